The highest BCUT2D eigenvalue weighted by Crippen LogP contribution is 2.25. The van der Waals surface area contributed by atoms with E-state index in [0.717, 1.165) is 0 Å². The number of nitrogens with one attached hydrogen (secondary N) is 1. The predicted molar refractivity (Wildman–Crippen MR) is 79.2 cm³/mol. The molecule has 5 nitrogen and oxygen atoms in total. The normalized spacial score (nSPS) is 10.2. The van der Waals surface area contributed by atoms with Crippen molar-refractivity contribution in [3.63, 3.8) is 0 Å². The van der Waals surface area contributed by atoms with E-state index in [1.165, 1.54) is 12.1 Å². The third-order valence-corrected chi connectivity index (χ3v) is 2.76. The molecule has 0 aliphatic heterocycles. The first kappa shape index (κ1) is 14.8. The third-order valence-electron chi connectivity index (χ3n) is 2.76. The van der Waals surface area contributed by atoms with E-state index in [-0.39, 0.29) is 5.56 Å². The van der Waals surface area contributed by atoms with Crippen molar-refractivity contribution in [2.75, 3.05) is 18.5 Å². The molecule has 1 amide bonds. The number of carbonyl (C=O) groups is 1. The van der Waals surface area contributed by atoms with Gasteiger partial charge in [-0.05, 0) is 24.3 Å². The topological polar surface area (TPSA) is 90.4 Å². The van der Waals surface area contributed by atoms with Crippen LogP contribution in [0.2, 0.25) is 0 Å². The van der Waals surface area contributed by atoms with Gasteiger partial charge in [-0.1, -0.05) is 12.1 Å². The maximum absolute atomic E-state index is 13.7. The minimum absolute atomic E-state index is 0.175. The number of carbonyl (C=O) groups excluding carboxylic acids is 1. The Morgan fingerprint density at radius 3 is 2.71 bits per heavy atom. The molecule has 0 unspecified atom stereocenters. The zero-order valence-electron chi connectivity index (χ0n) is 11.3. The SMILES string of the molecule is NCCOc1cccc(Nc2cccc(F)c2C(N)=O)c1. The molecule has 0 atom stereocenters. The summed E-state index contributed by atoms with van der Waals surface area (Å²) in [6.45, 7) is 0.809. The van der Waals surface area contributed by atoms with E-state index in [2.05, 4.69) is 5.32 Å². The molecule has 5 N–H and O–H groups in total. The Labute approximate surface area is 121 Å². The van der Waals surface area contributed by atoms with Gasteiger partial charge in [-0.15, -0.1) is 0 Å². The van der Waals surface area contributed by atoms with Crippen LogP contribution in [0.15, 0.2) is 42.5 Å². The summed E-state index contributed by atoms with van der Waals surface area (Å²) in [6.07, 6.45) is 0. The molecule has 0 bridgehead atoms. The van der Waals surface area contributed by atoms with Gasteiger partial charge in [-0.2, -0.15) is 0 Å². The molecule has 2 aromatic carbocycles. The van der Waals surface area contributed by atoms with Crippen LogP contribution in [0.25, 0.3) is 0 Å². The largest absolute Gasteiger partial charge is 0.492 e. The second-order valence-corrected chi connectivity index (χ2v) is 4.32. The molecule has 6 heteroatoms. The van der Waals surface area contributed by atoms with Crippen LogP contribution in [0.1, 0.15) is 10.4 Å². The lowest BCUT2D eigenvalue weighted by atomic mass is 10.1. The predicted octanol–water partition coefficient (Wildman–Crippen LogP) is 2.01. The first-order valence-electron chi connectivity index (χ1n) is 6.40. The maximum Gasteiger partial charge on any atom is 0.253 e. The standard InChI is InChI=1S/C15H16FN3O2/c16-12-5-2-6-13(14(12)15(18)20)19-10-3-1-4-11(9-10)21-8-7-17/h1-6,9,19H,7-8,17H2,(H2,18,20). The second kappa shape index (κ2) is 6.71. The van der Waals surface area contributed by atoms with Crippen LogP contribution in [0.4, 0.5) is 15.8 Å². The fourth-order valence-electron chi connectivity index (χ4n) is 1.87. The van der Waals surface area contributed by atoms with E-state index in [4.69, 9.17) is 16.2 Å². The van der Waals surface area contributed by atoms with Gasteiger partial charge in [0, 0.05) is 18.3 Å². The van der Waals surface area contributed by atoms with Crippen molar-refractivity contribution in [1.82, 2.24) is 0 Å². The Morgan fingerprint density at radius 2 is 2.00 bits per heavy atom. The Bertz CT molecular complexity index is 647. The van der Waals surface area contributed by atoms with Crippen LogP contribution < -0.4 is 21.5 Å². The molecule has 0 aliphatic carbocycles. The summed E-state index contributed by atoms with van der Waals surface area (Å²) in [7, 11) is 0. The van der Waals surface area contributed by atoms with Gasteiger partial charge >= 0.3 is 0 Å². The van der Waals surface area contributed by atoms with Gasteiger partial charge in [0.15, 0.2) is 0 Å². The van der Waals surface area contributed by atoms with Crippen LogP contribution >= 0.6 is 0 Å². The van der Waals surface area contributed by atoms with Crippen molar-refractivity contribution in [3.05, 3.63) is 53.8 Å². The van der Waals surface area contributed by atoms with Gasteiger partial charge in [-0.25, -0.2) is 4.39 Å². The summed E-state index contributed by atoms with van der Waals surface area (Å²) in [5.74, 6) is -0.864. The van der Waals surface area contributed by atoms with Gasteiger partial charge < -0.3 is 21.5 Å². The minimum atomic E-state index is -0.828. The zero-order valence-corrected chi connectivity index (χ0v) is 11.3. The average molecular weight is 289 g/mol. The molecule has 0 aromatic heterocycles. The Morgan fingerprint density at radius 1 is 1.24 bits per heavy atom. The van der Waals surface area contributed by atoms with E-state index in [1.807, 2.05) is 0 Å². The fourth-order valence-corrected chi connectivity index (χ4v) is 1.87. The summed E-state index contributed by atoms with van der Waals surface area (Å²) in [5.41, 5.74) is 11.4. The molecule has 0 aliphatic rings. The molecule has 0 saturated heterocycles. The van der Waals surface area contributed by atoms with Gasteiger partial charge in [0.1, 0.15) is 18.2 Å². The summed E-state index contributed by atoms with van der Waals surface area (Å²) in [4.78, 5) is 11.3. The van der Waals surface area contributed by atoms with E-state index in [0.29, 0.717) is 30.3 Å². The molecule has 0 fully saturated rings. The molecule has 0 heterocycles. The van der Waals surface area contributed by atoms with Crippen molar-refractivity contribution >= 4 is 17.3 Å². The number of halogens is 1. The summed E-state index contributed by atoms with van der Waals surface area (Å²) < 4.78 is 19.1. The molecular weight excluding hydrogens is 273 g/mol. The van der Waals surface area contributed by atoms with Gasteiger partial charge in [0.2, 0.25) is 0 Å². The van der Waals surface area contributed by atoms with Crippen molar-refractivity contribution in [3.8, 4) is 5.75 Å². The van der Waals surface area contributed by atoms with Gasteiger partial charge in [0.25, 0.3) is 5.91 Å². The Hall–Kier alpha value is -2.60. The van der Waals surface area contributed by atoms with E-state index in [9.17, 15) is 9.18 Å². The number of anilines is 2. The molecule has 0 spiro atoms. The van der Waals surface area contributed by atoms with Crippen molar-refractivity contribution in [2.24, 2.45) is 11.5 Å². The number of nitrogens with two attached hydrogens (primary N) is 2. The highest BCUT2D eigenvalue weighted by molar-refractivity contribution is 5.99. The first-order chi connectivity index (χ1) is 10.1. The highest BCUT2D eigenvalue weighted by atomic mass is 19.1. The lowest BCUT2D eigenvalue weighted by Gasteiger charge is -2.12. The van der Waals surface area contributed by atoms with E-state index in [1.54, 1.807) is 30.3 Å². The van der Waals surface area contributed by atoms with Crippen molar-refractivity contribution in [1.29, 1.82) is 0 Å². The summed E-state index contributed by atoms with van der Waals surface area (Å²) in [5, 5.41) is 2.96. The smallest absolute Gasteiger partial charge is 0.253 e. The molecule has 2 rings (SSSR count). The Balaban J connectivity index is 2.26. The Kier molecular flexibility index (Phi) is 4.73. The first-order valence-corrected chi connectivity index (χ1v) is 6.40. The lowest BCUT2D eigenvalue weighted by Crippen LogP contribution is -2.15. The summed E-state index contributed by atoms with van der Waals surface area (Å²) >= 11 is 0. The monoisotopic (exact) mass is 289 g/mol. The van der Waals surface area contributed by atoms with E-state index < -0.39 is 11.7 Å². The molecule has 0 radical (unpaired) electrons. The maximum atomic E-state index is 13.7. The average Bonchev–Trinajstić information content (AvgIpc) is 2.45. The van der Waals surface area contributed by atoms with Crippen LogP contribution in [-0.2, 0) is 0 Å². The lowest BCUT2D eigenvalue weighted by molar-refractivity contribution is 0.0997. The minimum Gasteiger partial charge on any atom is -0.492 e. The molecular formula is C15H16FN3O2. The third kappa shape index (κ3) is 3.70. The van der Waals surface area contributed by atoms with Gasteiger partial charge in [-0.3, -0.25) is 4.79 Å². The fraction of sp³-hybridized carbons (Fsp3) is 0.133. The van der Waals surface area contributed by atoms with Crippen LogP contribution in [0.5, 0.6) is 5.75 Å². The summed E-state index contributed by atoms with van der Waals surface area (Å²) in [6, 6.07) is 11.3. The van der Waals surface area contributed by atoms with Crippen molar-refractivity contribution in [2.45, 2.75) is 0 Å². The number of rotatable bonds is 6. The molecule has 0 saturated carbocycles. The number of primary amides is 1. The van der Waals surface area contributed by atoms with Crippen LogP contribution in [0, 0.1) is 5.82 Å². The van der Waals surface area contributed by atoms with Gasteiger partial charge in [0.05, 0.1) is 11.3 Å². The zero-order chi connectivity index (χ0) is 15.2. The number of amides is 1. The van der Waals surface area contributed by atoms with Crippen LogP contribution in [0.3, 0.4) is 0 Å². The number of benzene rings is 2. The van der Waals surface area contributed by atoms with E-state index >= 15 is 0 Å². The molecule has 110 valence electrons. The number of ether oxygens (including phenoxy) is 1. The quantitative estimate of drug-likeness (QED) is 0.758. The van der Waals surface area contributed by atoms with Crippen LogP contribution in [-0.4, -0.2) is 19.1 Å². The van der Waals surface area contributed by atoms with Crippen molar-refractivity contribution < 1.29 is 13.9 Å². The molecule has 2 aromatic rings. The number of hydrogen-bond donors (Lipinski definition) is 3. The highest BCUT2D eigenvalue weighted by Gasteiger charge is 2.13. The number of hydrogen-bond acceptors (Lipinski definition) is 4. The second-order valence-electron chi connectivity index (χ2n) is 4.32. The molecule has 21 heavy (non-hydrogen) atoms.